The summed E-state index contributed by atoms with van der Waals surface area (Å²) in [6.07, 6.45) is 1.88. The van der Waals surface area contributed by atoms with Crippen LogP contribution in [-0.2, 0) is 0 Å². The maximum Gasteiger partial charge on any atom is 0.234 e. The van der Waals surface area contributed by atoms with Crippen molar-refractivity contribution in [3.05, 3.63) is 54.5 Å². The second-order valence-corrected chi connectivity index (χ2v) is 8.81. The number of aromatic nitrogens is 4. The average Bonchev–Trinajstić information content (AvgIpc) is 3.27. The Morgan fingerprint density at radius 1 is 1.00 bits per heavy atom. The fourth-order valence-electron chi connectivity index (χ4n) is 3.88. The zero-order chi connectivity index (χ0) is 21.9. The van der Waals surface area contributed by atoms with Gasteiger partial charge in [0.25, 0.3) is 0 Å². The number of thiazole rings is 1. The number of aliphatic hydroxyl groups excluding tert-OH is 1. The summed E-state index contributed by atoms with van der Waals surface area (Å²) in [6, 6.07) is 14.8. The van der Waals surface area contributed by atoms with Crippen molar-refractivity contribution in [2.45, 2.75) is 6.92 Å². The van der Waals surface area contributed by atoms with Crippen molar-refractivity contribution >= 4 is 39.1 Å². The van der Waals surface area contributed by atoms with E-state index in [0.29, 0.717) is 24.3 Å². The lowest BCUT2D eigenvalue weighted by Crippen LogP contribution is -2.47. The van der Waals surface area contributed by atoms with Crippen LogP contribution in [0.5, 0.6) is 0 Å². The highest BCUT2D eigenvalue weighted by Crippen LogP contribution is 2.32. The van der Waals surface area contributed by atoms with Crippen LogP contribution in [0.4, 0.5) is 17.0 Å². The van der Waals surface area contributed by atoms with E-state index in [-0.39, 0.29) is 6.61 Å². The van der Waals surface area contributed by atoms with E-state index in [9.17, 15) is 0 Å². The Bertz CT molecular complexity index is 1220. The third-order valence-electron chi connectivity index (χ3n) is 5.57. The number of piperazine rings is 1. The number of nitrogens with one attached hydrogen (secondary N) is 1. The molecule has 5 rings (SSSR count). The molecule has 2 aromatic heterocycles. The van der Waals surface area contributed by atoms with E-state index in [1.807, 2.05) is 13.1 Å². The first kappa shape index (κ1) is 20.7. The second-order valence-electron chi connectivity index (χ2n) is 7.78. The number of aryl methyl sites for hydroxylation is 1. The molecule has 2 N–H and O–H groups in total. The van der Waals surface area contributed by atoms with Gasteiger partial charge in [0.2, 0.25) is 11.9 Å². The van der Waals surface area contributed by atoms with Crippen LogP contribution in [0, 0.1) is 6.92 Å². The van der Waals surface area contributed by atoms with Gasteiger partial charge in [-0.1, -0.05) is 47.7 Å². The van der Waals surface area contributed by atoms with E-state index in [4.69, 9.17) is 5.11 Å². The van der Waals surface area contributed by atoms with Crippen molar-refractivity contribution in [3.8, 4) is 10.4 Å². The molecule has 1 aliphatic rings. The smallest absolute Gasteiger partial charge is 0.234 e. The summed E-state index contributed by atoms with van der Waals surface area (Å²) in [6.45, 7) is 6.19. The van der Waals surface area contributed by atoms with Gasteiger partial charge in [0, 0.05) is 38.9 Å². The Balaban J connectivity index is 1.32. The van der Waals surface area contributed by atoms with E-state index in [1.54, 1.807) is 11.3 Å². The Morgan fingerprint density at radius 2 is 1.81 bits per heavy atom. The summed E-state index contributed by atoms with van der Waals surface area (Å²) in [7, 11) is 0. The summed E-state index contributed by atoms with van der Waals surface area (Å²) in [5.41, 5.74) is 1.14. The zero-order valence-corrected chi connectivity index (χ0v) is 18.7. The van der Waals surface area contributed by atoms with Crippen molar-refractivity contribution in [3.63, 3.8) is 0 Å². The first-order valence-electron chi connectivity index (χ1n) is 10.7. The van der Waals surface area contributed by atoms with Crippen LogP contribution in [0.1, 0.15) is 5.82 Å². The van der Waals surface area contributed by atoms with Crippen molar-refractivity contribution in [2.75, 3.05) is 49.5 Å². The van der Waals surface area contributed by atoms with E-state index in [2.05, 4.69) is 77.5 Å². The summed E-state index contributed by atoms with van der Waals surface area (Å²) >= 11 is 1.58. The molecule has 0 aliphatic carbocycles. The van der Waals surface area contributed by atoms with E-state index in [1.165, 1.54) is 10.8 Å². The Hall–Kier alpha value is -3.14. The number of fused-ring (bicyclic) bond motifs is 1. The molecule has 1 aliphatic heterocycles. The SMILES string of the molecule is Cc1nc(Nc2ncc(-c3ccc4ccccc4c3)s2)nc(N2CCN(CCO)CC2)n1. The van der Waals surface area contributed by atoms with Crippen molar-refractivity contribution < 1.29 is 5.11 Å². The molecule has 0 radical (unpaired) electrons. The predicted octanol–water partition coefficient (Wildman–Crippen LogP) is 3.31. The lowest BCUT2D eigenvalue weighted by molar-refractivity contribution is 0.188. The number of aliphatic hydroxyl groups is 1. The summed E-state index contributed by atoms with van der Waals surface area (Å²) < 4.78 is 0. The molecule has 3 heterocycles. The molecule has 4 aromatic rings. The van der Waals surface area contributed by atoms with Crippen LogP contribution in [0.15, 0.2) is 48.7 Å². The molecule has 9 heteroatoms. The van der Waals surface area contributed by atoms with Gasteiger partial charge < -0.3 is 10.0 Å². The van der Waals surface area contributed by atoms with Gasteiger partial charge in [0.15, 0.2) is 5.13 Å². The summed E-state index contributed by atoms with van der Waals surface area (Å²) in [5.74, 6) is 1.85. The van der Waals surface area contributed by atoms with E-state index < -0.39 is 0 Å². The Labute approximate surface area is 190 Å². The van der Waals surface area contributed by atoms with Crippen LogP contribution in [0.2, 0.25) is 0 Å². The highest BCUT2D eigenvalue weighted by atomic mass is 32.1. The molecule has 0 bridgehead atoms. The summed E-state index contributed by atoms with van der Waals surface area (Å²) in [4.78, 5) is 23.6. The van der Waals surface area contributed by atoms with Crippen molar-refractivity contribution in [1.82, 2.24) is 24.8 Å². The topological polar surface area (TPSA) is 90.3 Å². The van der Waals surface area contributed by atoms with Crippen LogP contribution >= 0.6 is 11.3 Å². The second kappa shape index (κ2) is 9.15. The normalized spacial score (nSPS) is 14.8. The molecule has 0 atom stereocenters. The minimum absolute atomic E-state index is 0.188. The molecule has 2 aromatic carbocycles. The van der Waals surface area contributed by atoms with Crippen LogP contribution < -0.4 is 10.2 Å². The standard InChI is InChI=1S/C23H25N7OS/c1-16-25-21(27-22(26-16)30-10-8-29(9-11-30)12-13-31)28-23-24-15-20(32-23)19-7-6-17-4-2-3-5-18(17)14-19/h2-7,14-15,31H,8-13H2,1H3,(H,24,25,26,27,28). The summed E-state index contributed by atoms with van der Waals surface area (Å²) in [5, 5.41) is 15.6. The van der Waals surface area contributed by atoms with Gasteiger partial charge >= 0.3 is 0 Å². The quantitative estimate of drug-likeness (QED) is 0.465. The third kappa shape index (κ3) is 4.55. The van der Waals surface area contributed by atoms with Crippen LogP contribution in [0.3, 0.4) is 0 Å². The molecular weight excluding hydrogens is 422 g/mol. The maximum atomic E-state index is 9.13. The molecule has 164 valence electrons. The molecule has 0 amide bonds. The van der Waals surface area contributed by atoms with E-state index >= 15 is 0 Å². The number of nitrogens with zero attached hydrogens (tertiary/aromatic N) is 6. The fraction of sp³-hybridized carbons (Fsp3) is 0.304. The highest BCUT2D eigenvalue weighted by Gasteiger charge is 2.20. The van der Waals surface area contributed by atoms with Gasteiger partial charge in [-0.05, 0) is 29.3 Å². The zero-order valence-electron chi connectivity index (χ0n) is 17.9. The number of anilines is 3. The lowest BCUT2D eigenvalue weighted by Gasteiger charge is -2.34. The van der Waals surface area contributed by atoms with Gasteiger partial charge in [-0.3, -0.25) is 10.2 Å². The van der Waals surface area contributed by atoms with Gasteiger partial charge in [-0.2, -0.15) is 15.0 Å². The molecule has 1 saturated heterocycles. The average molecular weight is 448 g/mol. The number of benzene rings is 2. The predicted molar refractivity (Wildman–Crippen MR) is 129 cm³/mol. The Kier molecular flexibility index (Phi) is 5.93. The molecular formula is C23H25N7OS. The third-order valence-corrected chi connectivity index (χ3v) is 6.53. The first-order chi connectivity index (χ1) is 15.7. The van der Waals surface area contributed by atoms with Gasteiger partial charge in [-0.25, -0.2) is 4.98 Å². The van der Waals surface area contributed by atoms with Gasteiger partial charge in [0.1, 0.15) is 5.82 Å². The van der Waals surface area contributed by atoms with Gasteiger partial charge in [-0.15, -0.1) is 0 Å². The van der Waals surface area contributed by atoms with Gasteiger partial charge in [0.05, 0.1) is 11.5 Å². The monoisotopic (exact) mass is 447 g/mol. The number of rotatable bonds is 6. The largest absolute Gasteiger partial charge is 0.395 e. The van der Waals surface area contributed by atoms with Crippen molar-refractivity contribution in [2.24, 2.45) is 0 Å². The molecule has 0 saturated carbocycles. The Morgan fingerprint density at radius 3 is 2.62 bits per heavy atom. The molecule has 1 fully saturated rings. The number of β-amino-alcohol motifs (C(OH)–C–C–N with tert-alkyl or cyclic N) is 1. The number of hydrogen-bond acceptors (Lipinski definition) is 9. The van der Waals surface area contributed by atoms with Crippen LogP contribution in [0.25, 0.3) is 21.2 Å². The minimum atomic E-state index is 0.188. The molecule has 32 heavy (non-hydrogen) atoms. The highest BCUT2D eigenvalue weighted by molar-refractivity contribution is 7.18. The first-order valence-corrected chi connectivity index (χ1v) is 11.5. The van der Waals surface area contributed by atoms with Crippen molar-refractivity contribution in [1.29, 1.82) is 0 Å². The molecule has 8 nitrogen and oxygen atoms in total. The number of hydrogen-bond donors (Lipinski definition) is 2. The molecule has 0 spiro atoms. The molecule has 0 unspecified atom stereocenters. The fourth-order valence-corrected chi connectivity index (χ4v) is 4.69. The maximum absolute atomic E-state index is 9.13. The van der Waals surface area contributed by atoms with E-state index in [0.717, 1.165) is 41.8 Å². The minimum Gasteiger partial charge on any atom is -0.395 e. The van der Waals surface area contributed by atoms with Crippen LogP contribution in [-0.4, -0.2) is 69.3 Å². The lowest BCUT2D eigenvalue weighted by atomic mass is 10.1.